The van der Waals surface area contributed by atoms with E-state index in [0.717, 1.165) is 0 Å². The first-order valence-electron chi connectivity index (χ1n) is 11.6. The van der Waals surface area contributed by atoms with Gasteiger partial charge in [-0.3, -0.25) is 0 Å². The molecule has 0 spiro atoms. The van der Waals surface area contributed by atoms with Gasteiger partial charge in [0, 0.05) is 18.8 Å². The van der Waals surface area contributed by atoms with Crippen LogP contribution in [0, 0.1) is 11.8 Å². The van der Waals surface area contributed by atoms with Gasteiger partial charge in [-0.15, -0.1) is 0 Å². The van der Waals surface area contributed by atoms with Gasteiger partial charge in [-0.2, -0.15) is 0 Å². The van der Waals surface area contributed by atoms with E-state index in [4.69, 9.17) is 14.2 Å². The van der Waals surface area contributed by atoms with Crippen LogP contribution in [-0.2, 0) is 9.47 Å². The van der Waals surface area contributed by atoms with E-state index in [2.05, 4.69) is 0 Å². The van der Waals surface area contributed by atoms with Gasteiger partial charge in [-0.25, -0.2) is 0 Å². The van der Waals surface area contributed by atoms with E-state index in [1.165, 1.54) is 0 Å². The summed E-state index contributed by atoms with van der Waals surface area (Å²) in [6.07, 6.45) is -9.17. The smallest absolute Gasteiger partial charge is 0.187 e. The molecule has 9 unspecified atom stereocenters. The summed E-state index contributed by atoms with van der Waals surface area (Å²) < 4.78 is 16.5. The van der Waals surface area contributed by atoms with Crippen molar-refractivity contribution < 1.29 is 55.1 Å². The molecule has 4 aliphatic rings. The first-order chi connectivity index (χ1) is 15.2. The Morgan fingerprint density at radius 3 is 2.22 bits per heavy atom. The molecule has 4 rings (SSSR count). The molecule has 0 amide bonds. The molecule has 11 heteroatoms. The fourth-order valence-electron chi connectivity index (χ4n) is 5.86. The highest BCUT2D eigenvalue weighted by molar-refractivity contribution is 4.98. The largest absolute Gasteiger partial charge is 0.427 e. The Kier molecular flexibility index (Phi) is 7.75. The molecule has 0 bridgehead atoms. The molecule has 2 saturated carbocycles. The van der Waals surface area contributed by atoms with Crippen LogP contribution >= 0.6 is 0 Å². The van der Waals surface area contributed by atoms with Gasteiger partial charge in [0.25, 0.3) is 0 Å². The summed E-state index contributed by atoms with van der Waals surface area (Å²) in [5.41, 5.74) is 0. The zero-order valence-corrected chi connectivity index (χ0v) is 17.9. The van der Waals surface area contributed by atoms with Crippen molar-refractivity contribution in [3.63, 3.8) is 0 Å². The Labute approximate surface area is 186 Å². The maximum absolute atomic E-state index is 10.5. The number of hydrogen-bond acceptors (Lipinski definition) is 10. The molecule has 2 aliphatic carbocycles. The third kappa shape index (κ3) is 4.84. The summed E-state index contributed by atoms with van der Waals surface area (Å²) in [4.78, 5) is 0. The first-order valence-corrected chi connectivity index (χ1v) is 11.6. The molecule has 2 heterocycles. The highest BCUT2D eigenvalue weighted by Crippen LogP contribution is 2.42. The topological polar surface area (TPSA) is 193 Å². The van der Waals surface area contributed by atoms with Crippen LogP contribution in [0.15, 0.2) is 0 Å². The Bertz CT molecular complexity index is 621. The van der Waals surface area contributed by atoms with Gasteiger partial charge in [-0.05, 0) is 25.7 Å². The van der Waals surface area contributed by atoms with Crippen molar-refractivity contribution in [2.24, 2.45) is 11.8 Å². The van der Waals surface area contributed by atoms with E-state index in [-0.39, 0.29) is 24.4 Å². The molecule has 0 aromatic rings. The van der Waals surface area contributed by atoms with Crippen molar-refractivity contribution in [1.82, 2.24) is 0 Å². The van der Waals surface area contributed by atoms with Crippen molar-refractivity contribution in [3.05, 3.63) is 0 Å². The normalized spacial score (nSPS) is 54.8. The number of rotatable bonds is 4. The van der Waals surface area contributed by atoms with Crippen LogP contribution in [0.3, 0.4) is 0 Å². The second kappa shape index (κ2) is 10.0. The Balaban J connectivity index is 1.54. The lowest BCUT2D eigenvalue weighted by Gasteiger charge is -2.48. The van der Waals surface area contributed by atoms with Gasteiger partial charge in [0.1, 0.15) is 30.5 Å². The van der Waals surface area contributed by atoms with Gasteiger partial charge in [0.2, 0.25) is 0 Å². The second-order valence-corrected chi connectivity index (χ2v) is 9.88. The number of aliphatic hydroxyl groups is 10. The minimum absolute atomic E-state index is 0.125. The standard InChI is InChI=1S/C21H36O11/c22-7-16-17(27)18(28)19(29)21(32-16)31-15-6-10-12(25)4-9(23)5-14(10)30-20(15)8-1-2-11(24)13(26)3-8/h8-29H,1-7H2/p+1/t8?,9?,10?,11?,12?,13?,14?,15?,16-,17-,18+,19-,20?,21+/m1/s1. The maximum Gasteiger partial charge on any atom is 0.187 e. The van der Waals surface area contributed by atoms with E-state index < -0.39 is 73.9 Å². The van der Waals surface area contributed by atoms with Crippen molar-refractivity contribution in [3.8, 4) is 0 Å². The van der Waals surface area contributed by atoms with E-state index in [1.807, 2.05) is 0 Å². The van der Waals surface area contributed by atoms with Crippen LogP contribution in [0.4, 0.5) is 0 Å². The van der Waals surface area contributed by atoms with Crippen LogP contribution < -0.4 is 0 Å². The predicted octanol–water partition coefficient (Wildman–Crippen LogP) is -3.51. The average Bonchev–Trinajstić information content (AvgIpc) is 2.76. The molecule has 186 valence electrons. The van der Waals surface area contributed by atoms with Gasteiger partial charge in [0.05, 0.1) is 36.9 Å². The zero-order valence-electron chi connectivity index (χ0n) is 17.9. The summed E-state index contributed by atoms with van der Waals surface area (Å²) in [6, 6.07) is 0. The molecule has 14 atom stereocenters. The number of aliphatic hydroxyl groups excluding tert-OH is 8. The van der Waals surface area contributed by atoms with E-state index in [9.17, 15) is 40.9 Å². The monoisotopic (exact) mass is 465 g/mol. The molecule has 11 nitrogen and oxygen atoms in total. The molecular weight excluding hydrogens is 428 g/mol. The summed E-state index contributed by atoms with van der Waals surface area (Å²) in [6.45, 7) is -0.572. The lowest BCUT2D eigenvalue weighted by molar-refractivity contribution is -0.356. The number of fused-ring (bicyclic) bond motifs is 1. The minimum atomic E-state index is -1.57. The lowest BCUT2D eigenvalue weighted by Crippen LogP contribution is -2.63. The fourth-order valence-corrected chi connectivity index (χ4v) is 5.86. The SMILES string of the molecule is OC[C@H]1O[C@H](OC2CC3C(O)CC(O)CC3[OH+]C2C2CCC(O)C(O)C2)[C@H](O)[C@@H](O)[C@@H]1O. The fraction of sp³-hybridized carbons (Fsp3) is 1.00. The Morgan fingerprint density at radius 1 is 0.781 bits per heavy atom. The molecule has 4 fully saturated rings. The minimum Gasteiger partial charge on any atom is -0.427 e. The zero-order chi connectivity index (χ0) is 23.2. The summed E-state index contributed by atoms with van der Waals surface area (Å²) in [5, 5.41) is 80.8. The number of ether oxygens (including phenoxy) is 3. The van der Waals surface area contributed by atoms with Crippen molar-refractivity contribution in [2.45, 2.75) is 112 Å². The van der Waals surface area contributed by atoms with Crippen LogP contribution in [-0.4, -0.2) is 126 Å². The van der Waals surface area contributed by atoms with Crippen molar-refractivity contribution in [1.29, 1.82) is 0 Å². The van der Waals surface area contributed by atoms with Crippen LogP contribution in [0.1, 0.15) is 38.5 Å². The van der Waals surface area contributed by atoms with Gasteiger partial charge >= 0.3 is 0 Å². The maximum atomic E-state index is 10.5. The Hall–Kier alpha value is -0.440. The van der Waals surface area contributed by atoms with Gasteiger partial charge < -0.3 is 55.1 Å². The van der Waals surface area contributed by atoms with Crippen LogP contribution in [0.2, 0.25) is 0 Å². The summed E-state index contributed by atoms with van der Waals surface area (Å²) in [5.74, 6) is -0.385. The third-order valence-corrected chi connectivity index (χ3v) is 7.73. The average molecular weight is 466 g/mol. The molecule has 32 heavy (non-hydrogen) atoms. The summed E-state index contributed by atoms with van der Waals surface area (Å²) in [7, 11) is 0. The predicted molar refractivity (Wildman–Crippen MR) is 107 cm³/mol. The second-order valence-electron chi connectivity index (χ2n) is 9.88. The van der Waals surface area contributed by atoms with Gasteiger partial charge in [0.15, 0.2) is 18.5 Å². The highest BCUT2D eigenvalue weighted by atomic mass is 16.7. The third-order valence-electron chi connectivity index (χ3n) is 7.73. The molecule has 0 radical (unpaired) electrons. The van der Waals surface area contributed by atoms with Crippen molar-refractivity contribution >= 4 is 0 Å². The Morgan fingerprint density at radius 2 is 1.53 bits per heavy atom. The summed E-state index contributed by atoms with van der Waals surface area (Å²) >= 11 is 0. The molecular formula is C21H37O11+. The van der Waals surface area contributed by atoms with Gasteiger partial charge in [-0.1, -0.05) is 0 Å². The van der Waals surface area contributed by atoms with E-state index in [0.29, 0.717) is 32.1 Å². The molecule has 2 saturated heterocycles. The first kappa shape index (κ1) is 24.7. The molecule has 0 aromatic heterocycles. The van der Waals surface area contributed by atoms with E-state index >= 15 is 0 Å². The molecule has 2 aliphatic heterocycles. The van der Waals surface area contributed by atoms with Crippen LogP contribution in [0.5, 0.6) is 0 Å². The van der Waals surface area contributed by atoms with E-state index in [1.54, 1.807) is 0 Å². The van der Waals surface area contributed by atoms with Crippen molar-refractivity contribution in [2.75, 3.05) is 6.61 Å². The molecule has 9 N–H and O–H groups in total. The quantitative estimate of drug-likeness (QED) is 0.193. The number of hydrogen-bond donors (Lipinski definition) is 8. The van der Waals surface area contributed by atoms with Crippen LogP contribution in [0.25, 0.3) is 0 Å². The highest BCUT2D eigenvalue weighted by Gasteiger charge is 2.54. The lowest BCUT2D eigenvalue weighted by atomic mass is 9.72. The molecule has 0 aromatic carbocycles.